The SMILES string of the molecule is Nc1c(Cl)cccc1NCCC1CC1. The average Bonchev–Trinajstić information content (AvgIpc) is 2.96. The normalized spacial score (nSPS) is 15.5. The molecular formula is C11H15ClN2. The number of benzene rings is 1. The Kier molecular flexibility index (Phi) is 2.82. The van der Waals surface area contributed by atoms with Crippen molar-refractivity contribution >= 4 is 23.0 Å². The summed E-state index contributed by atoms with van der Waals surface area (Å²) >= 11 is 5.90. The van der Waals surface area contributed by atoms with Crippen LogP contribution in [-0.4, -0.2) is 6.54 Å². The largest absolute Gasteiger partial charge is 0.396 e. The third kappa shape index (κ3) is 2.32. The van der Waals surface area contributed by atoms with E-state index in [2.05, 4.69) is 5.32 Å². The number of nitrogens with one attached hydrogen (secondary N) is 1. The summed E-state index contributed by atoms with van der Waals surface area (Å²) in [7, 11) is 0. The number of hydrogen-bond acceptors (Lipinski definition) is 2. The molecular weight excluding hydrogens is 196 g/mol. The van der Waals surface area contributed by atoms with Crippen LogP contribution in [0.1, 0.15) is 19.3 Å². The van der Waals surface area contributed by atoms with E-state index in [1.165, 1.54) is 19.3 Å². The number of anilines is 2. The second-order valence-electron chi connectivity index (χ2n) is 3.86. The predicted octanol–water partition coefficient (Wildman–Crippen LogP) is 3.13. The third-order valence-corrected chi connectivity index (χ3v) is 2.95. The fourth-order valence-electron chi connectivity index (χ4n) is 1.51. The van der Waals surface area contributed by atoms with Gasteiger partial charge in [0.05, 0.1) is 16.4 Å². The molecule has 2 nitrogen and oxygen atoms in total. The summed E-state index contributed by atoms with van der Waals surface area (Å²) in [5.74, 6) is 0.947. The number of nitrogen functional groups attached to an aromatic ring is 1. The fourth-order valence-corrected chi connectivity index (χ4v) is 1.68. The summed E-state index contributed by atoms with van der Waals surface area (Å²) in [6.45, 7) is 0.995. The lowest BCUT2D eigenvalue weighted by molar-refractivity contribution is 0.760. The predicted molar refractivity (Wildman–Crippen MR) is 61.7 cm³/mol. The van der Waals surface area contributed by atoms with E-state index < -0.39 is 0 Å². The minimum atomic E-state index is 0.626. The molecule has 1 fully saturated rings. The van der Waals surface area contributed by atoms with Crippen LogP contribution in [-0.2, 0) is 0 Å². The first kappa shape index (κ1) is 9.66. The summed E-state index contributed by atoms with van der Waals surface area (Å²) in [5.41, 5.74) is 7.43. The maximum Gasteiger partial charge on any atom is 0.0739 e. The Morgan fingerprint density at radius 3 is 2.93 bits per heavy atom. The molecule has 1 aromatic rings. The van der Waals surface area contributed by atoms with Gasteiger partial charge in [-0.3, -0.25) is 0 Å². The zero-order chi connectivity index (χ0) is 9.97. The van der Waals surface area contributed by atoms with Gasteiger partial charge in [0.2, 0.25) is 0 Å². The molecule has 1 aliphatic carbocycles. The van der Waals surface area contributed by atoms with Crippen molar-refractivity contribution in [1.29, 1.82) is 0 Å². The number of rotatable bonds is 4. The van der Waals surface area contributed by atoms with Crippen LogP contribution in [0.3, 0.4) is 0 Å². The van der Waals surface area contributed by atoms with Crippen LogP contribution in [0, 0.1) is 5.92 Å². The van der Waals surface area contributed by atoms with Gasteiger partial charge in [0.15, 0.2) is 0 Å². The summed E-state index contributed by atoms with van der Waals surface area (Å²) in [5, 5.41) is 3.94. The van der Waals surface area contributed by atoms with Crippen molar-refractivity contribution < 1.29 is 0 Å². The van der Waals surface area contributed by atoms with E-state index in [0.29, 0.717) is 10.7 Å². The molecule has 0 radical (unpaired) electrons. The van der Waals surface area contributed by atoms with Gasteiger partial charge in [-0.1, -0.05) is 30.5 Å². The van der Waals surface area contributed by atoms with Crippen LogP contribution in [0.4, 0.5) is 11.4 Å². The second kappa shape index (κ2) is 4.09. The van der Waals surface area contributed by atoms with Crippen molar-refractivity contribution in [2.75, 3.05) is 17.6 Å². The molecule has 3 heteroatoms. The first-order chi connectivity index (χ1) is 6.77. The molecule has 0 amide bonds. The van der Waals surface area contributed by atoms with Gasteiger partial charge >= 0.3 is 0 Å². The Labute approximate surface area is 89.4 Å². The molecule has 0 heterocycles. The van der Waals surface area contributed by atoms with Crippen molar-refractivity contribution in [3.8, 4) is 0 Å². The first-order valence-corrected chi connectivity index (χ1v) is 5.43. The number of hydrogen-bond donors (Lipinski definition) is 2. The smallest absolute Gasteiger partial charge is 0.0739 e. The van der Waals surface area contributed by atoms with Gasteiger partial charge in [0.25, 0.3) is 0 Å². The van der Waals surface area contributed by atoms with E-state index in [1.807, 2.05) is 18.2 Å². The topological polar surface area (TPSA) is 38.0 Å². The van der Waals surface area contributed by atoms with E-state index in [0.717, 1.165) is 18.2 Å². The Hall–Kier alpha value is -0.890. The van der Waals surface area contributed by atoms with Crippen molar-refractivity contribution in [2.24, 2.45) is 5.92 Å². The van der Waals surface area contributed by atoms with Crippen LogP contribution in [0.5, 0.6) is 0 Å². The standard InChI is InChI=1S/C11H15ClN2/c12-9-2-1-3-10(11(9)13)14-7-6-8-4-5-8/h1-3,8,14H,4-7,13H2. The fraction of sp³-hybridized carbons (Fsp3) is 0.455. The molecule has 1 aliphatic rings. The molecule has 76 valence electrons. The summed E-state index contributed by atoms with van der Waals surface area (Å²) in [6, 6.07) is 5.69. The minimum absolute atomic E-state index is 0.626. The van der Waals surface area contributed by atoms with Gasteiger partial charge in [-0.25, -0.2) is 0 Å². The maximum absolute atomic E-state index is 5.90. The highest BCUT2D eigenvalue weighted by Crippen LogP contribution is 2.33. The van der Waals surface area contributed by atoms with Gasteiger partial charge < -0.3 is 11.1 Å². The van der Waals surface area contributed by atoms with Crippen molar-refractivity contribution in [1.82, 2.24) is 0 Å². The molecule has 2 rings (SSSR count). The van der Waals surface area contributed by atoms with Crippen LogP contribution >= 0.6 is 11.6 Å². The van der Waals surface area contributed by atoms with Gasteiger partial charge in [0, 0.05) is 6.54 Å². The summed E-state index contributed by atoms with van der Waals surface area (Å²) < 4.78 is 0. The first-order valence-electron chi connectivity index (χ1n) is 5.05. The highest BCUT2D eigenvalue weighted by molar-refractivity contribution is 6.33. The molecule has 0 atom stereocenters. The van der Waals surface area contributed by atoms with Crippen LogP contribution in [0.2, 0.25) is 5.02 Å². The van der Waals surface area contributed by atoms with E-state index >= 15 is 0 Å². The van der Waals surface area contributed by atoms with Gasteiger partial charge in [-0.05, 0) is 24.5 Å². The minimum Gasteiger partial charge on any atom is -0.396 e. The zero-order valence-electron chi connectivity index (χ0n) is 8.09. The van der Waals surface area contributed by atoms with Gasteiger partial charge in [-0.15, -0.1) is 0 Å². The van der Waals surface area contributed by atoms with Crippen LogP contribution in [0.25, 0.3) is 0 Å². The molecule has 0 aliphatic heterocycles. The van der Waals surface area contributed by atoms with E-state index in [4.69, 9.17) is 17.3 Å². The molecule has 1 saturated carbocycles. The third-order valence-electron chi connectivity index (χ3n) is 2.62. The van der Waals surface area contributed by atoms with Crippen LogP contribution < -0.4 is 11.1 Å². The van der Waals surface area contributed by atoms with Crippen LogP contribution in [0.15, 0.2) is 18.2 Å². The molecule has 14 heavy (non-hydrogen) atoms. The molecule has 0 bridgehead atoms. The van der Waals surface area contributed by atoms with E-state index in [9.17, 15) is 0 Å². The van der Waals surface area contributed by atoms with Crippen molar-refractivity contribution in [3.05, 3.63) is 23.2 Å². The Morgan fingerprint density at radius 2 is 2.21 bits per heavy atom. The summed E-state index contributed by atoms with van der Waals surface area (Å²) in [6.07, 6.45) is 4.03. The van der Waals surface area contributed by atoms with E-state index in [-0.39, 0.29) is 0 Å². The monoisotopic (exact) mass is 210 g/mol. The number of halogens is 1. The molecule has 0 saturated heterocycles. The molecule has 0 unspecified atom stereocenters. The number of nitrogens with two attached hydrogens (primary N) is 1. The second-order valence-corrected chi connectivity index (χ2v) is 4.27. The zero-order valence-corrected chi connectivity index (χ0v) is 8.85. The quantitative estimate of drug-likeness (QED) is 0.750. The van der Waals surface area contributed by atoms with Gasteiger partial charge in [-0.2, -0.15) is 0 Å². The lowest BCUT2D eigenvalue weighted by Crippen LogP contribution is -2.04. The van der Waals surface area contributed by atoms with E-state index in [1.54, 1.807) is 0 Å². The van der Waals surface area contributed by atoms with Crippen molar-refractivity contribution in [3.63, 3.8) is 0 Å². The molecule has 1 aromatic carbocycles. The molecule has 0 aromatic heterocycles. The average molecular weight is 211 g/mol. The Bertz CT molecular complexity index is 321. The molecule has 0 spiro atoms. The maximum atomic E-state index is 5.90. The Balaban J connectivity index is 1.90. The summed E-state index contributed by atoms with van der Waals surface area (Å²) in [4.78, 5) is 0. The highest BCUT2D eigenvalue weighted by atomic mass is 35.5. The van der Waals surface area contributed by atoms with Gasteiger partial charge in [0.1, 0.15) is 0 Å². The molecule has 3 N–H and O–H groups in total. The lowest BCUT2D eigenvalue weighted by atomic mass is 10.2. The Morgan fingerprint density at radius 1 is 1.43 bits per heavy atom. The highest BCUT2D eigenvalue weighted by Gasteiger charge is 2.20. The lowest BCUT2D eigenvalue weighted by Gasteiger charge is -2.09. The van der Waals surface area contributed by atoms with Crippen molar-refractivity contribution in [2.45, 2.75) is 19.3 Å². The number of para-hydroxylation sites is 1.